The summed E-state index contributed by atoms with van der Waals surface area (Å²) in [5.74, 6) is 0.422. The Morgan fingerprint density at radius 1 is 0.971 bits per heavy atom. The first kappa shape index (κ1) is 27.5. The minimum absolute atomic E-state index is 0.0814. The molecule has 2 N–H and O–H groups in total. The third-order valence-electron chi connectivity index (χ3n) is 4.94. The Balaban J connectivity index is 0.00000103. The van der Waals surface area contributed by atoms with Crippen molar-refractivity contribution in [1.29, 1.82) is 0 Å². The van der Waals surface area contributed by atoms with E-state index in [-0.39, 0.29) is 5.91 Å². The van der Waals surface area contributed by atoms with E-state index in [2.05, 4.69) is 45.8 Å². The van der Waals surface area contributed by atoms with Crippen molar-refractivity contribution in [3.63, 3.8) is 0 Å². The van der Waals surface area contributed by atoms with Crippen molar-refractivity contribution in [2.45, 2.75) is 34.6 Å². The van der Waals surface area contributed by atoms with Crippen molar-refractivity contribution in [3.05, 3.63) is 78.0 Å². The quantitative estimate of drug-likeness (QED) is 0.354. The maximum atomic E-state index is 12.2. The molecule has 2 heterocycles. The molecule has 0 atom stereocenters. The number of aromatic nitrogens is 3. The van der Waals surface area contributed by atoms with Crippen LogP contribution in [-0.4, -0.2) is 52.6 Å². The number of pyridine rings is 1. The SMILES string of the molecule is CC.CC.Cc1cccc(-c2cccn3nc(Nc4ccc(C(=O)NCCN(C)C)cc4)nc23)c1. The van der Waals surface area contributed by atoms with Crippen LogP contribution in [0.5, 0.6) is 0 Å². The molecule has 0 aliphatic heterocycles. The third kappa shape index (κ3) is 7.65. The van der Waals surface area contributed by atoms with E-state index in [9.17, 15) is 4.79 Å². The first-order chi connectivity index (χ1) is 17.0. The number of carbonyl (C=O) groups is 1. The normalized spacial score (nSPS) is 10.2. The third-order valence-corrected chi connectivity index (χ3v) is 4.94. The Morgan fingerprint density at radius 3 is 2.34 bits per heavy atom. The van der Waals surface area contributed by atoms with Gasteiger partial charge in [-0.15, -0.1) is 5.10 Å². The van der Waals surface area contributed by atoms with Crippen LogP contribution in [0.2, 0.25) is 0 Å². The summed E-state index contributed by atoms with van der Waals surface area (Å²) in [6.07, 6.45) is 1.88. The lowest BCUT2D eigenvalue weighted by atomic mass is 10.1. The fourth-order valence-electron chi connectivity index (χ4n) is 3.33. The Labute approximate surface area is 209 Å². The lowest BCUT2D eigenvalue weighted by molar-refractivity contribution is 0.0951. The minimum atomic E-state index is -0.0814. The van der Waals surface area contributed by atoms with Gasteiger partial charge in [0.25, 0.3) is 5.91 Å². The number of likely N-dealkylation sites (N-methyl/N-ethyl adjacent to an activating group) is 1. The van der Waals surface area contributed by atoms with Crippen LogP contribution in [0.1, 0.15) is 43.6 Å². The molecular weight excluding hydrogens is 436 g/mol. The molecule has 0 saturated carbocycles. The number of amides is 1. The second-order valence-electron chi connectivity index (χ2n) is 7.76. The molecule has 0 aliphatic rings. The van der Waals surface area contributed by atoms with E-state index in [1.165, 1.54) is 5.56 Å². The fraction of sp³-hybridized carbons (Fsp3) is 0.321. The Kier molecular flexibility index (Phi) is 10.9. The number of fused-ring (bicyclic) bond motifs is 1. The predicted molar refractivity (Wildman–Crippen MR) is 146 cm³/mol. The van der Waals surface area contributed by atoms with Crippen LogP contribution >= 0.6 is 0 Å². The summed E-state index contributed by atoms with van der Waals surface area (Å²) in [5, 5.41) is 10.7. The van der Waals surface area contributed by atoms with E-state index >= 15 is 0 Å². The summed E-state index contributed by atoms with van der Waals surface area (Å²) in [5.41, 5.74) is 5.55. The molecule has 0 unspecified atom stereocenters. The standard InChI is InChI=1S/C24H26N6O.2C2H6/c1-17-6-4-7-19(16-17)21-8-5-14-30-22(21)27-24(28-30)26-20-11-9-18(10-12-20)23(31)25-13-15-29(2)3;2*1-2/h4-12,14,16H,13,15H2,1-3H3,(H,25,31)(H,26,28);2*1-2H3. The number of rotatable bonds is 7. The van der Waals surface area contributed by atoms with E-state index in [1.807, 2.05) is 83.2 Å². The smallest absolute Gasteiger partial charge is 0.251 e. The Hall–Kier alpha value is -3.71. The second kappa shape index (κ2) is 13.9. The highest BCUT2D eigenvalue weighted by atomic mass is 16.1. The summed E-state index contributed by atoms with van der Waals surface area (Å²) in [6, 6.07) is 19.6. The number of hydrogen-bond acceptors (Lipinski definition) is 5. The maximum Gasteiger partial charge on any atom is 0.251 e. The van der Waals surface area contributed by atoms with Crippen molar-refractivity contribution in [2.75, 3.05) is 32.5 Å². The highest BCUT2D eigenvalue weighted by Crippen LogP contribution is 2.25. The predicted octanol–water partition coefficient (Wildman–Crippen LogP) is 5.79. The van der Waals surface area contributed by atoms with Crippen molar-refractivity contribution in [2.24, 2.45) is 0 Å². The van der Waals surface area contributed by atoms with E-state index < -0.39 is 0 Å². The summed E-state index contributed by atoms with van der Waals surface area (Å²) >= 11 is 0. The molecule has 0 saturated heterocycles. The van der Waals surface area contributed by atoms with E-state index in [0.717, 1.165) is 29.0 Å². The molecule has 0 radical (unpaired) electrons. The zero-order valence-corrected chi connectivity index (χ0v) is 22.0. The van der Waals surface area contributed by atoms with Crippen LogP contribution in [0, 0.1) is 6.92 Å². The second-order valence-corrected chi connectivity index (χ2v) is 7.76. The molecule has 2 aromatic heterocycles. The largest absolute Gasteiger partial charge is 0.351 e. The summed E-state index contributed by atoms with van der Waals surface area (Å²) in [7, 11) is 3.95. The van der Waals surface area contributed by atoms with E-state index in [1.54, 1.807) is 16.6 Å². The van der Waals surface area contributed by atoms with Gasteiger partial charge >= 0.3 is 0 Å². The van der Waals surface area contributed by atoms with Gasteiger partial charge in [0, 0.05) is 36.1 Å². The minimum Gasteiger partial charge on any atom is -0.351 e. The molecular formula is C28H38N6O. The molecule has 0 bridgehead atoms. The summed E-state index contributed by atoms with van der Waals surface area (Å²) < 4.78 is 1.77. The molecule has 4 aromatic rings. The van der Waals surface area contributed by atoms with Gasteiger partial charge in [0.05, 0.1) is 0 Å². The van der Waals surface area contributed by atoms with Gasteiger partial charge in [0.15, 0.2) is 5.65 Å². The number of benzene rings is 2. The zero-order valence-electron chi connectivity index (χ0n) is 22.0. The first-order valence-corrected chi connectivity index (χ1v) is 12.2. The molecule has 0 spiro atoms. The van der Waals surface area contributed by atoms with Gasteiger partial charge in [-0.25, -0.2) is 4.52 Å². The molecule has 7 heteroatoms. The molecule has 7 nitrogen and oxygen atoms in total. The van der Waals surface area contributed by atoms with Gasteiger partial charge in [-0.1, -0.05) is 57.5 Å². The van der Waals surface area contributed by atoms with Crippen molar-refractivity contribution in [3.8, 4) is 11.1 Å². The lowest BCUT2D eigenvalue weighted by Gasteiger charge is -2.10. The zero-order chi connectivity index (χ0) is 25.8. The van der Waals surface area contributed by atoms with Gasteiger partial charge in [-0.05, 0) is 63.0 Å². The van der Waals surface area contributed by atoms with Gasteiger partial charge in [-0.2, -0.15) is 4.98 Å². The highest BCUT2D eigenvalue weighted by molar-refractivity contribution is 5.94. The molecule has 186 valence electrons. The van der Waals surface area contributed by atoms with Crippen LogP contribution in [0.15, 0.2) is 66.9 Å². The average Bonchev–Trinajstić information content (AvgIpc) is 3.29. The van der Waals surface area contributed by atoms with E-state index in [0.29, 0.717) is 18.1 Å². The molecule has 4 rings (SSSR count). The van der Waals surface area contributed by atoms with Crippen molar-refractivity contribution >= 4 is 23.2 Å². The number of nitrogens with one attached hydrogen (secondary N) is 2. The molecule has 0 fully saturated rings. The average molecular weight is 475 g/mol. The maximum absolute atomic E-state index is 12.2. The summed E-state index contributed by atoms with van der Waals surface area (Å²) in [6.45, 7) is 11.5. The van der Waals surface area contributed by atoms with Crippen LogP contribution < -0.4 is 10.6 Å². The monoisotopic (exact) mass is 474 g/mol. The molecule has 35 heavy (non-hydrogen) atoms. The van der Waals surface area contributed by atoms with Crippen molar-refractivity contribution in [1.82, 2.24) is 24.8 Å². The Bertz CT molecular complexity index is 1200. The Morgan fingerprint density at radius 2 is 1.69 bits per heavy atom. The number of carbonyl (C=O) groups excluding carboxylic acids is 1. The number of nitrogens with zero attached hydrogens (tertiary/aromatic N) is 4. The van der Waals surface area contributed by atoms with Gasteiger partial charge < -0.3 is 15.5 Å². The number of anilines is 2. The van der Waals surface area contributed by atoms with E-state index in [4.69, 9.17) is 0 Å². The molecule has 1 amide bonds. The highest BCUT2D eigenvalue weighted by Gasteiger charge is 2.11. The number of aryl methyl sites for hydroxylation is 1. The van der Waals surface area contributed by atoms with Gasteiger partial charge in [0.1, 0.15) is 0 Å². The topological polar surface area (TPSA) is 74.6 Å². The van der Waals surface area contributed by atoms with Crippen LogP contribution in [0.4, 0.5) is 11.6 Å². The van der Waals surface area contributed by atoms with Crippen LogP contribution in [-0.2, 0) is 0 Å². The fourth-order valence-corrected chi connectivity index (χ4v) is 3.33. The van der Waals surface area contributed by atoms with Gasteiger partial charge in [0.2, 0.25) is 5.95 Å². The van der Waals surface area contributed by atoms with Gasteiger partial charge in [-0.3, -0.25) is 4.79 Å². The lowest BCUT2D eigenvalue weighted by Crippen LogP contribution is -2.31. The van der Waals surface area contributed by atoms with Crippen LogP contribution in [0.3, 0.4) is 0 Å². The van der Waals surface area contributed by atoms with Crippen LogP contribution in [0.25, 0.3) is 16.8 Å². The molecule has 2 aromatic carbocycles. The van der Waals surface area contributed by atoms with Crippen molar-refractivity contribution < 1.29 is 4.79 Å². The molecule has 0 aliphatic carbocycles. The first-order valence-electron chi connectivity index (χ1n) is 12.2. The summed E-state index contributed by atoms with van der Waals surface area (Å²) in [4.78, 5) is 18.9. The number of hydrogen-bond donors (Lipinski definition) is 2.